The van der Waals surface area contributed by atoms with E-state index in [1.807, 2.05) is 0 Å². The van der Waals surface area contributed by atoms with E-state index >= 15 is 0 Å². The fourth-order valence-electron chi connectivity index (χ4n) is 2.74. The summed E-state index contributed by atoms with van der Waals surface area (Å²) in [6.07, 6.45) is 3.16. The van der Waals surface area contributed by atoms with E-state index in [1.54, 1.807) is 0 Å². The summed E-state index contributed by atoms with van der Waals surface area (Å²) in [5.41, 5.74) is 1.11. The lowest BCUT2D eigenvalue weighted by atomic mass is 9.97. The van der Waals surface area contributed by atoms with Crippen molar-refractivity contribution in [2.24, 2.45) is 0 Å². The zero-order valence-corrected chi connectivity index (χ0v) is 10.0. The highest BCUT2D eigenvalue weighted by atomic mass is 16.6. The molecule has 2 aliphatic heterocycles. The first-order chi connectivity index (χ1) is 8.38. The SMILES string of the molecule is c1ccc(C2CCOC3(CCCOC3)N2)cc1. The fraction of sp³-hybridized carbons (Fsp3) is 0.571. The van der Waals surface area contributed by atoms with Gasteiger partial charge in [0.2, 0.25) is 0 Å². The second-order valence-electron chi connectivity index (χ2n) is 4.90. The van der Waals surface area contributed by atoms with Crippen LogP contribution in [0.4, 0.5) is 0 Å². The Kier molecular flexibility index (Phi) is 3.14. The molecule has 3 nitrogen and oxygen atoms in total. The molecule has 0 amide bonds. The van der Waals surface area contributed by atoms with Crippen LogP contribution in [0.3, 0.4) is 0 Å². The molecule has 1 N–H and O–H groups in total. The third kappa shape index (κ3) is 2.37. The van der Waals surface area contributed by atoms with E-state index < -0.39 is 0 Å². The normalized spacial score (nSPS) is 33.8. The van der Waals surface area contributed by atoms with Crippen LogP contribution >= 0.6 is 0 Å². The van der Waals surface area contributed by atoms with E-state index in [4.69, 9.17) is 9.47 Å². The number of ether oxygens (including phenoxy) is 2. The van der Waals surface area contributed by atoms with Crippen LogP contribution < -0.4 is 5.32 Å². The van der Waals surface area contributed by atoms with Crippen LogP contribution in [0.25, 0.3) is 0 Å². The summed E-state index contributed by atoms with van der Waals surface area (Å²) in [6, 6.07) is 11.0. The maximum Gasteiger partial charge on any atom is 0.143 e. The molecule has 3 heteroatoms. The standard InChI is InChI=1S/C14H19NO2/c1-2-5-12(6-3-1)13-7-10-17-14(15-13)8-4-9-16-11-14/h1-3,5-6,13,15H,4,7-11H2. The van der Waals surface area contributed by atoms with E-state index in [1.165, 1.54) is 5.56 Å². The van der Waals surface area contributed by atoms with Crippen molar-refractivity contribution in [3.8, 4) is 0 Å². The number of rotatable bonds is 1. The van der Waals surface area contributed by atoms with Gasteiger partial charge >= 0.3 is 0 Å². The first-order valence-electron chi connectivity index (χ1n) is 6.42. The summed E-state index contributed by atoms with van der Waals surface area (Å²) in [4.78, 5) is 0. The Bertz CT molecular complexity index is 354. The van der Waals surface area contributed by atoms with Gasteiger partial charge in [0.25, 0.3) is 0 Å². The molecule has 2 saturated heterocycles. The summed E-state index contributed by atoms with van der Waals surface area (Å²) in [6.45, 7) is 2.36. The minimum atomic E-state index is -0.239. The zero-order valence-electron chi connectivity index (χ0n) is 10.0. The second kappa shape index (κ2) is 4.77. The van der Waals surface area contributed by atoms with E-state index in [-0.39, 0.29) is 5.72 Å². The molecule has 2 aliphatic rings. The lowest BCUT2D eigenvalue weighted by molar-refractivity contribution is -0.174. The van der Waals surface area contributed by atoms with E-state index in [0.717, 1.165) is 32.5 Å². The van der Waals surface area contributed by atoms with Gasteiger partial charge in [0.15, 0.2) is 0 Å². The summed E-state index contributed by atoms with van der Waals surface area (Å²) < 4.78 is 11.5. The van der Waals surface area contributed by atoms with Gasteiger partial charge in [-0.25, -0.2) is 0 Å². The Hall–Kier alpha value is -0.900. The molecular formula is C14H19NO2. The third-order valence-corrected chi connectivity index (χ3v) is 3.63. The number of benzene rings is 1. The van der Waals surface area contributed by atoms with Gasteiger partial charge < -0.3 is 9.47 Å². The highest BCUT2D eigenvalue weighted by Gasteiger charge is 2.39. The van der Waals surface area contributed by atoms with Crippen molar-refractivity contribution in [1.82, 2.24) is 5.32 Å². The zero-order chi connectivity index (χ0) is 11.6. The van der Waals surface area contributed by atoms with Crippen molar-refractivity contribution in [2.75, 3.05) is 19.8 Å². The van der Waals surface area contributed by atoms with Crippen LogP contribution in [0.1, 0.15) is 30.9 Å². The molecule has 0 saturated carbocycles. The summed E-state index contributed by atoms with van der Waals surface area (Å²) in [5.74, 6) is 0. The molecule has 1 aromatic carbocycles. The molecule has 0 aromatic heterocycles. The van der Waals surface area contributed by atoms with Crippen LogP contribution in [-0.2, 0) is 9.47 Å². The summed E-state index contributed by atoms with van der Waals surface area (Å²) in [7, 11) is 0. The van der Waals surface area contributed by atoms with Crippen LogP contribution in [-0.4, -0.2) is 25.5 Å². The van der Waals surface area contributed by atoms with Gasteiger partial charge in [0.1, 0.15) is 5.72 Å². The predicted octanol–water partition coefficient (Wildman–Crippen LogP) is 2.24. The molecule has 3 rings (SSSR count). The highest BCUT2D eigenvalue weighted by Crippen LogP contribution is 2.31. The lowest BCUT2D eigenvalue weighted by Crippen LogP contribution is -2.57. The molecule has 1 spiro atoms. The Morgan fingerprint density at radius 3 is 2.82 bits per heavy atom. The molecule has 0 aliphatic carbocycles. The molecule has 1 aromatic rings. The highest BCUT2D eigenvalue weighted by molar-refractivity contribution is 5.19. The monoisotopic (exact) mass is 233 g/mol. The predicted molar refractivity (Wildman–Crippen MR) is 65.7 cm³/mol. The van der Waals surface area contributed by atoms with Crippen LogP contribution in [0.2, 0.25) is 0 Å². The van der Waals surface area contributed by atoms with Gasteiger partial charge in [-0.05, 0) is 24.8 Å². The first-order valence-corrected chi connectivity index (χ1v) is 6.42. The van der Waals surface area contributed by atoms with Gasteiger partial charge in [-0.3, -0.25) is 5.32 Å². The van der Waals surface area contributed by atoms with Crippen molar-refractivity contribution in [3.63, 3.8) is 0 Å². The minimum Gasteiger partial charge on any atom is -0.377 e. The number of hydrogen-bond acceptors (Lipinski definition) is 3. The Labute approximate surface area is 102 Å². The minimum absolute atomic E-state index is 0.239. The molecule has 0 bridgehead atoms. The van der Waals surface area contributed by atoms with Crippen molar-refractivity contribution in [2.45, 2.75) is 31.0 Å². The molecule has 17 heavy (non-hydrogen) atoms. The van der Waals surface area contributed by atoms with Crippen LogP contribution in [0.15, 0.2) is 30.3 Å². The Morgan fingerprint density at radius 1 is 1.18 bits per heavy atom. The van der Waals surface area contributed by atoms with Crippen molar-refractivity contribution >= 4 is 0 Å². The maximum absolute atomic E-state index is 5.92. The van der Waals surface area contributed by atoms with E-state index in [9.17, 15) is 0 Å². The van der Waals surface area contributed by atoms with Gasteiger partial charge in [0.05, 0.1) is 13.2 Å². The van der Waals surface area contributed by atoms with Gasteiger partial charge in [-0.15, -0.1) is 0 Å². The van der Waals surface area contributed by atoms with Gasteiger partial charge in [0, 0.05) is 12.6 Å². The number of hydrogen-bond donors (Lipinski definition) is 1. The molecular weight excluding hydrogens is 214 g/mol. The van der Waals surface area contributed by atoms with Crippen molar-refractivity contribution in [1.29, 1.82) is 0 Å². The van der Waals surface area contributed by atoms with E-state index in [0.29, 0.717) is 12.6 Å². The van der Waals surface area contributed by atoms with Gasteiger partial charge in [-0.2, -0.15) is 0 Å². The average Bonchev–Trinajstić information content (AvgIpc) is 2.41. The van der Waals surface area contributed by atoms with Crippen LogP contribution in [0, 0.1) is 0 Å². The molecule has 0 radical (unpaired) electrons. The largest absolute Gasteiger partial charge is 0.377 e. The van der Waals surface area contributed by atoms with Crippen molar-refractivity contribution < 1.29 is 9.47 Å². The van der Waals surface area contributed by atoms with Crippen LogP contribution in [0.5, 0.6) is 0 Å². The first kappa shape index (κ1) is 11.2. The number of nitrogens with one attached hydrogen (secondary N) is 1. The Balaban J connectivity index is 1.75. The topological polar surface area (TPSA) is 30.5 Å². The van der Waals surface area contributed by atoms with E-state index in [2.05, 4.69) is 35.6 Å². The average molecular weight is 233 g/mol. The fourth-order valence-corrected chi connectivity index (χ4v) is 2.74. The van der Waals surface area contributed by atoms with Gasteiger partial charge in [-0.1, -0.05) is 30.3 Å². The molecule has 2 heterocycles. The summed E-state index contributed by atoms with van der Waals surface area (Å²) in [5, 5.41) is 3.64. The molecule has 2 atom stereocenters. The van der Waals surface area contributed by atoms with Crippen molar-refractivity contribution in [3.05, 3.63) is 35.9 Å². The smallest absolute Gasteiger partial charge is 0.143 e. The lowest BCUT2D eigenvalue weighted by Gasteiger charge is -2.44. The third-order valence-electron chi connectivity index (χ3n) is 3.63. The quantitative estimate of drug-likeness (QED) is 0.807. The second-order valence-corrected chi connectivity index (χ2v) is 4.90. The molecule has 2 fully saturated rings. The molecule has 92 valence electrons. The summed E-state index contributed by atoms with van der Waals surface area (Å²) >= 11 is 0. The maximum atomic E-state index is 5.92. The Morgan fingerprint density at radius 2 is 2.06 bits per heavy atom. The molecule has 2 unspecified atom stereocenters.